The first-order valence-electron chi connectivity index (χ1n) is 5.70. The molecule has 0 bridgehead atoms. The summed E-state index contributed by atoms with van der Waals surface area (Å²) in [5, 5.41) is 0. The smallest absolute Gasteiger partial charge is 0.0960 e. The fourth-order valence-electron chi connectivity index (χ4n) is 2.76. The number of hydrogen-bond acceptors (Lipinski definition) is 0. The molecule has 0 spiro atoms. The van der Waals surface area contributed by atoms with Crippen molar-refractivity contribution in [1.29, 1.82) is 0 Å². The highest BCUT2D eigenvalue weighted by molar-refractivity contribution is 9.10. The largest absolute Gasteiger partial charge is 0.113 e. The van der Waals surface area contributed by atoms with Crippen molar-refractivity contribution in [1.82, 2.24) is 0 Å². The molecule has 2 aromatic rings. The van der Waals surface area contributed by atoms with Crippen molar-refractivity contribution in [2.75, 3.05) is 0 Å². The van der Waals surface area contributed by atoms with Crippen LogP contribution in [0.15, 0.2) is 40.9 Å². The minimum absolute atomic E-state index is 0.0685. The van der Waals surface area contributed by atoms with Crippen LogP contribution in [0.2, 0.25) is 0 Å². The first-order valence-corrected chi connectivity index (χ1v) is 6.50. The van der Waals surface area contributed by atoms with Gasteiger partial charge in [0, 0.05) is 9.89 Å². The Balaban J connectivity index is 2.39. The highest BCUT2D eigenvalue weighted by Crippen LogP contribution is 2.48. The van der Waals surface area contributed by atoms with Crippen LogP contribution in [-0.2, 0) is 5.41 Å². The molecule has 0 nitrogen and oxygen atoms in total. The average Bonchev–Trinajstić information content (AvgIpc) is 2.47. The Morgan fingerprint density at radius 3 is 2.24 bits per heavy atom. The van der Waals surface area contributed by atoms with E-state index in [0.29, 0.717) is 0 Å². The zero-order valence-corrected chi connectivity index (χ0v) is 11.5. The monoisotopic (exact) mass is 282 g/mol. The summed E-state index contributed by atoms with van der Waals surface area (Å²) in [5.41, 5.74) is 6.20. The Hall–Kier alpha value is -1.02. The number of rotatable bonds is 0. The lowest BCUT2D eigenvalue weighted by Crippen LogP contribution is -2.15. The first kappa shape index (κ1) is 11.1. The number of benzene rings is 2. The summed E-state index contributed by atoms with van der Waals surface area (Å²) in [6.45, 7) is 4.53. The Morgan fingerprint density at radius 1 is 0.941 bits per heavy atom. The van der Waals surface area contributed by atoms with Crippen molar-refractivity contribution in [3.8, 4) is 11.1 Å². The van der Waals surface area contributed by atoms with Gasteiger partial charge in [0.05, 0.1) is 0 Å². The second kappa shape index (κ2) is 3.49. The minimum atomic E-state index is 0.0685. The Morgan fingerprint density at radius 2 is 1.53 bits per heavy atom. The van der Waals surface area contributed by atoms with Gasteiger partial charge in [-0.25, -0.2) is 0 Å². The topological polar surface area (TPSA) is 0 Å². The van der Waals surface area contributed by atoms with Crippen LogP contribution >= 0.6 is 15.9 Å². The summed E-state index contributed by atoms with van der Waals surface area (Å²) in [4.78, 5) is 0. The van der Waals surface area contributed by atoms with E-state index in [1.54, 1.807) is 0 Å². The van der Waals surface area contributed by atoms with Gasteiger partial charge in [0.15, 0.2) is 0 Å². The molecule has 0 amide bonds. The number of halogens is 1. The van der Waals surface area contributed by atoms with Crippen LogP contribution in [0.1, 0.15) is 25.0 Å². The molecule has 0 unspecified atom stereocenters. The van der Waals surface area contributed by atoms with Crippen molar-refractivity contribution >= 4 is 29.2 Å². The van der Waals surface area contributed by atoms with E-state index < -0.39 is 0 Å². The third-order valence-corrected chi connectivity index (χ3v) is 4.16. The zero-order chi connectivity index (χ0) is 12.2. The van der Waals surface area contributed by atoms with Gasteiger partial charge in [-0.3, -0.25) is 0 Å². The molecule has 0 atom stereocenters. The summed E-state index contributed by atoms with van der Waals surface area (Å²) in [5.74, 6) is 0. The van der Waals surface area contributed by atoms with E-state index in [-0.39, 0.29) is 5.41 Å². The van der Waals surface area contributed by atoms with Crippen LogP contribution in [0.5, 0.6) is 0 Å². The molecule has 2 aromatic carbocycles. The third-order valence-electron chi connectivity index (χ3n) is 3.66. The Bertz CT molecular complexity index is 561. The lowest BCUT2D eigenvalue weighted by molar-refractivity contribution is 0.660. The van der Waals surface area contributed by atoms with Crippen LogP contribution in [0.25, 0.3) is 11.1 Å². The van der Waals surface area contributed by atoms with Crippen molar-refractivity contribution in [3.63, 3.8) is 0 Å². The standard InChI is InChI=1S/C15H12BBr/c1-15(2)13-5-3-9(16)7-11(13)12-8-10(17)4-6-14(12)15/h3-8H,1-2H3. The van der Waals surface area contributed by atoms with Crippen LogP contribution in [0.3, 0.4) is 0 Å². The van der Waals surface area contributed by atoms with E-state index in [2.05, 4.69) is 60.1 Å². The molecule has 0 aliphatic heterocycles. The molecule has 0 fully saturated rings. The van der Waals surface area contributed by atoms with Crippen LogP contribution < -0.4 is 5.46 Å². The molecule has 17 heavy (non-hydrogen) atoms. The normalized spacial score (nSPS) is 15.5. The minimum Gasteiger partial charge on any atom is -0.0960 e. The SMILES string of the molecule is [B]c1ccc2c(c1)-c1cc(Br)ccc1C2(C)C. The molecule has 1 aliphatic rings. The maximum atomic E-state index is 5.90. The maximum absolute atomic E-state index is 5.90. The molecule has 82 valence electrons. The van der Waals surface area contributed by atoms with Crippen molar-refractivity contribution in [3.05, 3.63) is 52.0 Å². The fraction of sp³-hybridized carbons (Fsp3) is 0.200. The fourth-order valence-corrected chi connectivity index (χ4v) is 3.12. The van der Waals surface area contributed by atoms with Gasteiger partial charge < -0.3 is 0 Å². The van der Waals surface area contributed by atoms with Gasteiger partial charge in [-0.1, -0.05) is 59.5 Å². The summed E-state index contributed by atoms with van der Waals surface area (Å²) >= 11 is 3.54. The Labute approximate surface area is 112 Å². The molecule has 0 saturated heterocycles. The van der Waals surface area contributed by atoms with E-state index in [9.17, 15) is 0 Å². The van der Waals surface area contributed by atoms with Crippen LogP contribution in [-0.4, -0.2) is 7.85 Å². The van der Waals surface area contributed by atoms with Gasteiger partial charge in [-0.15, -0.1) is 0 Å². The molecule has 0 heterocycles. The van der Waals surface area contributed by atoms with E-state index >= 15 is 0 Å². The van der Waals surface area contributed by atoms with Gasteiger partial charge in [0.2, 0.25) is 0 Å². The van der Waals surface area contributed by atoms with E-state index in [1.807, 2.05) is 6.07 Å². The van der Waals surface area contributed by atoms with Crippen molar-refractivity contribution in [2.24, 2.45) is 0 Å². The quantitative estimate of drug-likeness (QED) is 0.649. The summed E-state index contributed by atoms with van der Waals surface area (Å²) in [6, 6.07) is 12.7. The highest BCUT2D eigenvalue weighted by atomic mass is 79.9. The lowest BCUT2D eigenvalue weighted by atomic mass is 9.81. The first-order chi connectivity index (χ1) is 8.00. The predicted octanol–water partition coefficient (Wildman–Crippen LogP) is 3.55. The average molecular weight is 283 g/mol. The summed E-state index contributed by atoms with van der Waals surface area (Å²) < 4.78 is 1.11. The van der Waals surface area contributed by atoms with Gasteiger partial charge in [0.25, 0.3) is 0 Å². The van der Waals surface area contributed by atoms with Crippen LogP contribution in [0.4, 0.5) is 0 Å². The zero-order valence-electron chi connectivity index (χ0n) is 9.92. The lowest BCUT2D eigenvalue weighted by Gasteiger charge is -2.21. The highest BCUT2D eigenvalue weighted by Gasteiger charge is 2.34. The maximum Gasteiger partial charge on any atom is 0.113 e. The van der Waals surface area contributed by atoms with Gasteiger partial charge in [-0.05, 0) is 34.4 Å². The Kier molecular flexibility index (Phi) is 2.28. The second-order valence-corrected chi connectivity index (χ2v) is 6.04. The number of hydrogen-bond donors (Lipinski definition) is 0. The van der Waals surface area contributed by atoms with Crippen molar-refractivity contribution < 1.29 is 0 Å². The van der Waals surface area contributed by atoms with Gasteiger partial charge in [-0.2, -0.15) is 0 Å². The number of fused-ring (bicyclic) bond motifs is 3. The van der Waals surface area contributed by atoms with E-state index in [1.165, 1.54) is 22.3 Å². The molecule has 0 saturated carbocycles. The van der Waals surface area contributed by atoms with Gasteiger partial charge >= 0.3 is 0 Å². The molecular weight excluding hydrogens is 271 g/mol. The molecule has 2 heteroatoms. The molecular formula is C15H12BBr. The summed E-state index contributed by atoms with van der Waals surface area (Å²) in [6.07, 6.45) is 0. The van der Waals surface area contributed by atoms with Crippen molar-refractivity contribution in [2.45, 2.75) is 19.3 Å². The third kappa shape index (κ3) is 1.50. The summed E-state index contributed by atoms with van der Waals surface area (Å²) in [7, 11) is 5.90. The van der Waals surface area contributed by atoms with E-state index in [0.717, 1.165) is 9.94 Å². The molecule has 3 rings (SSSR count). The molecule has 1 aliphatic carbocycles. The molecule has 0 N–H and O–H groups in total. The predicted molar refractivity (Wildman–Crippen MR) is 77.1 cm³/mol. The second-order valence-electron chi connectivity index (χ2n) is 5.12. The molecule has 0 aromatic heterocycles. The van der Waals surface area contributed by atoms with Crippen LogP contribution in [0, 0.1) is 0 Å². The van der Waals surface area contributed by atoms with E-state index in [4.69, 9.17) is 7.85 Å². The van der Waals surface area contributed by atoms with Gasteiger partial charge in [0.1, 0.15) is 7.85 Å². The molecule has 2 radical (unpaired) electrons.